The molecule has 0 bridgehead atoms. The SMILES string of the molecule is Cl.[2H]Cc1cc(O)ccc1C[C@H](N[2H])C(=O)N[C@@H](CCSC)C(=O)NCC(=O)N[C@@H](Cc1ccccc1)C(=O)NCCCCCC(=O)OC. The fourth-order valence-corrected chi connectivity index (χ4v) is 4.98. The fourth-order valence-electron chi connectivity index (χ4n) is 4.50. The first kappa shape index (κ1) is 37.6. The Labute approximate surface area is 290 Å². The van der Waals surface area contributed by atoms with Gasteiger partial charge in [-0.2, -0.15) is 11.8 Å². The van der Waals surface area contributed by atoms with Gasteiger partial charge in [-0.25, -0.2) is 0 Å². The number of phenolic OH excluding ortho intramolecular Hbond substituents is 1. The highest BCUT2D eigenvalue weighted by Crippen LogP contribution is 2.17. The molecule has 0 aliphatic rings. The maximum atomic E-state index is 13.2. The highest BCUT2D eigenvalue weighted by Gasteiger charge is 2.26. The van der Waals surface area contributed by atoms with Crippen LogP contribution in [0, 0.1) is 6.90 Å². The van der Waals surface area contributed by atoms with Crippen LogP contribution in [-0.4, -0.2) is 85.0 Å². The van der Waals surface area contributed by atoms with Crippen molar-refractivity contribution in [3.63, 3.8) is 0 Å². The van der Waals surface area contributed by atoms with Crippen molar-refractivity contribution in [1.82, 2.24) is 21.3 Å². The van der Waals surface area contributed by atoms with Crippen molar-refractivity contribution in [3.05, 3.63) is 65.2 Å². The van der Waals surface area contributed by atoms with Gasteiger partial charge in [0, 0.05) is 20.8 Å². The number of aryl methyl sites for hydroxylation is 1. The Morgan fingerprint density at radius 2 is 1.70 bits per heavy atom. The van der Waals surface area contributed by atoms with Gasteiger partial charge in [-0.1, -0.05) is 42.8 Å². The Morgan fingerprint density at radius 3 is 2.38 bits per heavy atom. The number of ether oxygens (including phenoxy) is 1. The molecule has 4 amide bonds. The number of carbonyl (C=O) groups is 5. The van der Waals surface area contributed by atoms with E-state index in [9.17, 15) is 29.1 Å². The minimum Gasteiger partial charge on any atom is -0.508 e. The van der Waals surface area contributed by atoms with E-state index in [1.54, 1.807) is 6.07 Å². The van der Waals surface area contributed by atoms with Crippen LogP contribution < -0.4 is 27.0 Å². The van der Waals surface area contributed by atoms with Crippen molar-refractivity contribution >= 4 is 53.8 Å². The van der Waals surface area contributed by atoms with Gasteiger partial charge in [-0.15, -0.1) is 12.4 Å². The molecule has 0 aliphatic heterocycles. The summed E-state index contributed by atoms with van der Waals surface area (Å²) < 4.78 is 20.0. The average Bonchev–Trinajstić information content (AvgIpc) is 3.09. The van der Waals surface area contributed by atoms with Crippen LogP contribution >= 0.6 is 24.2 Å². The summed E-state index contributed by atoms with van der Waals surface area (Å²) in [5.74, 6) is -1.93. The van der Waals surface area contributed by atoms with E-state index < -0.39 is 42.4 Å². The zero-order valence-electron chi connectivity index (χ0n) is 28.8. The standard InChI is InChI=1S/C33H47N5O7S.ClH/c1-22-18-25(39)14-13-24(22)20-26(34)31(42)38-27(15-17-46-3)32(43)36-21-29(40)37-28(19-23-10-6-4-7-11-23)33(44)35-16-9-5-8-12-30(41)45-2;/h4,6-7,10-11,13-14,18,26-28,39H,5,8-9,12,15-17,19-21,34H2,1-3H3,(H,35,44)(H,36,43)(H,37,40)(H,38,42);1H/t26-,27-,28-;/m0./s1/i1D;/hD. The molecule has 0 fully saturated rings. The zero-order valence-corrected chi connectivity index (χ0v) is 28.5. The lowest BCUT2D eigenvalue weighted by Crippen LogP contribution is -2.54. The van der Waals surface area contributed by atoms with Crippen molar-refractivity contribution in [2.24, 2.45) is 5.73 Å². The number of nitrogens with one attached hydrogen (secondary N) is 4. The molecule has 0 heterocycles. The van der Waals surface area contributed by atoms with E-state index in [0.717, 1.165) is 5.56 Å². The normalized spacial score (nSPS) is 13.0. The lowest BCUT2D eigenvalue weighted by atomic mass is 10.0. The molecule has 0 aromatic heterocycles. The lowest BCUT2D eigenvalue weighted by Gasteiger charge is -2.22. The second kappa shape index (κ2) is 22.7. The predicted octanol–water partition coefficient (Wildman–Crippen LogP) is 1.92. The van der Waals surface area contributed by atoms with E-state index >= 15 is 0 Å². The summed E-state index contributed by atoms with van der Waals surface area (Å²) in [4.78, 5) is 63.6. The van der Waals surface area contributed by atoms with Gasteiger partial charge in [-0.3, -0.25) is 24.0 Å². The molecular formula is C33H48ClN5O7S. The van der Waals surface area contributed by atoms with Gasteiger partial charge in [0.05, 0.1) is 19.7 Å². The quantitative estimate of drug-likeness (QED) is 0.0838. The van der Waals surface area contributed by atoms with Crippen molar-refractivity contribution < 1.29 is 36.6 Å². The first-order chi connectivity index (χ1) is 23.1. The number of phenols is 1. The minimum atomic E-state index is -1.04. The fraction of sp³-hybridized carbons (Fsp3) is 0.485. The van der Waals surface area contributed by atoms with Gasteiger partial charge >= 0.3 is 5.97 Å². The molecular weight excluding hydrogens is 646 g/mol. The number of nitrogens with two attached hydrogens (primary N) is 1. The summed E-state index contributed by atoms with van der Waals surface area (Å²) in [5, 5.41) is 20.5. The Balaban J connectivity index is 0.0000120. The van der Waals surface area contributed by atoms with E-state index in [4.69, 9.17) is 2.78 Å². The molecule has 0 radical (unpaired) electrons. The van der Waals surface area contributed by atoms with Crippen LogP contribution in [0.2, 0.25) is 1.41 Å². The maximum absolute atomic E-state index is 13.2. The summed E-state index contributed by atoms with van der Waals surface area (Å²) in [6.45, 7) is -0.194. The Bertz CT molecular complexity index is 1350. The van der Waals surface area contributed by atoms with Gasteiger partial charge in [0.25, 0.3) is 0 Å². The number of carbonyl (C=O) groups excluding carboxylic acids is 5. The molecule has 0 aliphatic carbocycles. The van der Waals surface area contributed by atoms with Crippen LogP contribution in [0.4, 0.5) is 0 Å². The number of halogens is 1. The van der Waals surface area contributed by atoms with E-state index in [0.29, 0.717) is 49.1 Å². The van der Waals surface area contributed by atoms with Gasteiger partial charge < -0.3 is 36.8 Å². The largest absolute Gasteiger partial charge is 0.508 e. The molecule has 0 spiro atoms. The number of hydrogen-bond acceptors (Lipinski definition) is 9. The van der Waals surface area contributed by atoms with Gasteiger partial charge in [0.2, 0.25) is 23.6 Å². The predicted molar refractivity (Wildman–Crippen MR) is 185 cm³/mol. The van der Waals surface area contributed by atoms with Crippen LogP contribution in [0.1, 0.15) is 50.2 Å². The number of esters is 1. The second-order valence-corrected chi connectivity index (χ2v) is 11.7. The molecule has 12 nitrogen and oxygen atoms in total. The monoisotopic (exact) mass is 695 g/mol. The lowest BCUT2D eigenvalue weighted by molar-refractivity contribution is -0.140. The highest BCUT2D eigenvalue weighted by atomic mass is 35.5. The van der Waals surface area contributed by atoms with E-state index in [2.05, 4.69) is 31.7 Å². The maximum Gasteiger partial charge on any atom is 0.305 e. The Morgan fingerprint density at radius 1 is 0.957 bits per heavy atom. The highest BCUT2D eigenvalue weighted by molar-refractivity contribution is 7.98. The summed E-state index contributed by atoms with van der Waals surface area (Å²) in [7, 11) is 1.34. The number of hydrogen-bond donors (Lipinski definition) is 6. The molecule has 260 valence electrons. The van der Waals surface area contributed by atoms with Crippen molar-refractivity contribution in [2.45, 2.75) is 70.0 Å². The van der Waals surface area contributed by atoms with E-state index in [-0.39, 0.29) is 56.2 Å². The zero-order chi connectivity index (χ0) is 35.3. The van der Waals surface area contributed by atoms with Gasteiger partial charge in [0.1, 0.15) is 19.2 Å². The van der Waals surface area contributed by atoms with Crippen molar-refractivity contribution in [2.75, 3.05) is 32.2 Å². The minimum absolute atomic E-state index is 0. The third-order valence-corrected chi connectivity index (χ3v) is 7.76. The van der Waals surface area contributed by atoms with Crippen molar-refractivity contribution in [1.29, 1.82) is 0 Å². The smallest absolute Gasteiger partial charge is 0.305 e. The first-order valence-electron chi connectivity index (χ1n) is 16.3. The molecule has 0 saturated heterocycles. The number of thioether (sulfide) groups is 1. The number of benzene rings is 2. The number of unbranched alkanes of at least 4 members (excludes halogenated alkanes) is 2. The molecule has 3 atom stereocenters. The Hall–Kier alpha value is -3.81. The van der Waals surface area contributed by atoms with Gasteiger partial charge in [-0.05, 0) is 73.4 Å². The summed E-state index contributed by atoms with van der Waals surface area (Å²) in [6, 6.07) is 10.7. The summed E-state index contributed by atoms with van der Waals surface area (Å²) in [5.41, 5.74) is 4.16. The first-order valence-corrected chi connectivity index (χ1v) is 16.5. The summed E-state index contributed by atoms with van der Waals surface area (Å²) in [6.07, 6.45) is 4.70. The molecule has 2 aromatic rings. The molecule has 0 saturated carbocycles. The van der Waals surface area contributed by atoms with Crippen LogP contribution in [0.25, 0.3) is 0 Å². The molecule has 7 N–H and O–H groups in total. The molecule has 2 aromatic carbocycles. The van der Waals surface area contributed by atoms with Crippen LogP contribution in [0.3, 0.4) is 0 Å². The van der Waals surface area contributed by atoms with Crippen LogP contribution in [0.15, 0.2) is 48.5 Å². The summed E-state index contributed by atoms with van der Waals surface area (Å²) >= 11 is 1.47. The van der Waals surface area contributed by atoms with Crippen molar-refractivity contribution in [3.8, 4) is 5.75 Å². The number of aromatic hydroxyl groups is 1. The van der Waals surface area contributed by atoms with Crippen LogP contribution in [0.5, 0.6) is 5.75 Å². The number of rotatable bonds is 21. The third kappa shape index (κ3) is 16.0. The Kier molecular flexibility index (Phi) is 18.2. The van der Waals surface area contributed by atoms with Gasteiger partial charge in [0.15, 0.2) is 0 Å². The second-order valence-electron chi connectivity index (χ2n) is 10.8. The van der Waals surface area contributed by atoms with Crippen LogP contribution in [-0.2, 0) is 41.6 Å². The topological polar surface area (TPSA) is 189 Å². The molecule has 2 rings (SSSR count). The molecule has 47 heavy (non-hydrogen) atoms. The average molecular weight is 696 g/mol. The molecule has 14 heteroatoms. The molecule has 0 unspecified atom stereocenters. The third-order valence-electron chi connectivity index (χ3n) is 7.12. The number of amides is 4. The van der Waals surface area contributed by atoms with E-state index in [1.165, 1.54) is 31.0 Å². The van der Waals surface area contributed by atoms with E-state index in [1.807, 2.05) is 36.6 Å². The number of methoxy groups -OCH3 is 1.